The molecule has 5 heteroatoms. The molecule has 1 aromatic rings. The monoisotopic (exact) mass is 280 g/mol. The van der Waals surface area contributed by atoms with E-state index in [2.05, 4.69) is 42.6 Å². The molecule has 0 aliphatic rings. The summed E-state index contributed by atoms with van der Waals surface area (Å²) in [6.07, 6.45) is 3.70. The van der Waals surface area contributed by atoms with Crippen LogP contribution >= 0.6 is 0 Å². The van der Waals surface area contributed by atoms with Gasteiger partial charge in [0.05, 0.1) is 6.61 Å². The standard InChI is InChI=1S/C15H28N4O/c1-6-12(7-2)19(8-9-20-5)15-13(11(3)4)14(16)17-10-18-15/h10-12H,6-9H2,1-5H3,(H2,16,17,18). The number of hydrogen-bond acceptors (Lipinski definition) is 5. The van der Waals surface area contributed by atoms with E-state index in [1.165, 1.54) is 0 Å². The van der Waals surface area contributed by atoms with Crippen LogP contribution in [0, 0.1) is 0 Å². The second-order valence-corrected chi connectivity index (χ2v) is 5.31. The molecule has 5 nitrogen and oxygen atoms in total. The summed E-state index contributed by atoms with van der Waals surface area (Å²) in [5.74, 6) is 1.84. The van der Waals surface area contributed by atoms with Crippen molar-refractivity contribution in [2.24, 2.45) is 0 Å². The number of nitrogens with two attached hydrogens (primary N) is 1. The fraction of sp³-hybridized carbons (Fsp3) is 0.733. The van der Waals surface area contributed by atoms with Gasteiger partial charge in [0.2, 0.25) is 0 Å². The average molecular weight is 280 g/mol. The highest BCUT2D eigenvalue weighted by Gasteiger charge is 2.23. The first-order valence-electron chi connectivity index (χ1n) is 7.42. The van der Waals surface area contributed by atoms with Gasteiger partial charge in [-0.1, -0.05) is 27.7 Å². The second-order valence-electron chi connectivity index (χ2n) is 5.31. The van der Waals surface area contributed by atoms with Gasteiger partial charge in [-0.05, 0) is 18.8 Å². The van der Waals surface area contributed by atoms with Crippen LogP contribution in [0.2, 0.25) is 0 Å². The zero-order valence-corrected chi connectivity index (χ0v) is 13.4. The van der Waals surface area contributed by atoms with E-state index in [0.29, 0.717) is 24.4 Å². The molecule has 0 aliphatic carbocycles. The lowest BCUT2D eigenvalue weighted by atomic mass is 10.0. The second kappa shape index (κ2) is 8.04. The van der Waals surface area contributed by atoms with Gasteiger partial charge >= 0.3 is 0 Å². The van der Waals surface area contributed by atoms with Crippen molar-refractivity contribution in [1.29, 1.82) is 0 Å². The molecular weight excluding hydrogens is 252 g/mol. The van der Waals surface area contributed by atoms with Crippen LogP contribution in [0.25, 0.3) is 0 Å². The van der Waals surface area contributed by atoms with Gasteiger partial charge in [0.1, 0.15) is 18.0 Å². The van der Waals surface area contributed by atoms with Gasteiger partial charge in [-0.3, -0.25) is 0 Å². The van der Waals surface area contributed by atoms with Gasteiger partial charge < -0.3 is 15.4 Å². The molecule has 1 rings (SSSR count). The summed E-state index contributed by atoms with van der Waals surface area (Å²) in [7, 11) is 1.72. The third-order valence-corrected chi connectivity index (χ3v) is 3.66. The smallest absolute Gasteiger partial charge is 0.137 e. The zero-order chi connectivity index (χ0) is 15.1. The number of methoxy groups -OCH3 is 1. The molecule has 1 aromatic heterocycles. The van der Waals surface area contributed by atoms with Gasteiger partial charge in [0, 0.05) is 25.3 Å². The largest absolute Gasteiger partial charge is 0.383 e. The molecule has 114 valence electrons. The summed E-state index contributed by atoms with van der Waals surface area (Å²) in [5.41, 5.74) is 7.10. The number of nitrogen functional groups attached to an aromatic ring is 1. The predicted octanol–water partition coefficient (Wildman–Crippen LogP) is 2.82. The Hall–Kier alpha value is -1.36. The summed E-state index contributed by atoms with van der Waals surface area (Å²) in [5, 5.41) is 0. The molecule has 0 aromatic carbocycles. The Balaban J connectivity index is 3.22. The molecule has 0 unspecified atom stereocenters. The first-order chi connectivity index (χ1) is 9.56. The summed E-state index contributed by atoms with van der Waals surface area (Å²) in [4.78, 5) is 11.0. The molecular formula is C15H28N4O. The maximum atomic E-state index is 6.06. The van der Waals surface area contributed by atoms with Crippen LogP contribution < -0.4 is 10.6 Å². The van der Waals surface area contributed by atoms with Crippen molar-refractivity contribution in [3.05, 3.63) is 11.9 Å². The number of nitrogens with zero attached hydrogens (tertiary/aromatic N) is 3. The Morgan fingerprint density at radius 1 is 1.25 bits per heavy atom. The van der Waals surface area contributed by atoms with Gasteiger partial charge in [-0.2, -0.15) is 0 Å². The van der Waals surface area contributed by atoms with Crippen molar-refractivity contribution >= 4 is 11.6 Å². The van der Waals surface area contributed by atoms with Gasteiger partial charge in [0.15, 0.2) is 0 Å². The van der Waals surface area contributed by atoms with Crippen LogP contribution in [0.1, 0.15) is 52.0 Å². The van der Waals surface area contributed by atoms with E-state index in [-0.39, 0.29) is 0 Å². The van der Waals surface area contributed by atoms with E-state index in [1.807, 2.05) is 0 Å². The fourth-order valence-electron chi connectivity index (χ4n) is 2.56. The molecule has 0 radical (unpaired) electrons. The van der Waals surface area contributed by atoms with E-state index in [1.54, 1.807) is 13.4 Å². The minimum atomic E-state index is 0.297. The first-order valence-corrected chi connectivity index (χ1v) is 7.42. The molecule has 0 saturated carbocycles. The quantitative estimate of drug-likeness (QED) is 0.793. The van der Waals surface area contributed by atoms with Crippen LogP contribution in [-0.4, -0.2) is 36.3 Å². The molecule has 0 spiro atoms. The van der Waals surface area contributed by atoms with Crippen LogP contribution in [-0.2, 0) is 4.74 Å². The molecule has 1 heterocycles. The molecule has 0 amide bonds. The molecule has 0 aliphatic heterocycles. The normalized spacial score (nSPS) is 11.3. The van der Waals surface area contributed by atoms with Crippen molar-refractivity contribution in [2.45, 2.75) is 52.5 Å². The number of anilines is 2. The molecule has 0 saturated heterocycles. The number of ether oxygens (including phenoxy) is 1. The van der Waals surface area contributed by atoms with Crippen molar-refractivity contribution in [2.75, 3.05) is 30.9 Å². The maximum absolute atomic E-state index is 6.06. The highest BCUT2D eigenvalue weighted by atomic mass is 16.5. The van der Waals surface area contributed by atoms with Crippen molar-refractivity contribution < 1.29 is 4.74 Å². The Kier molecular flexibility index (Phi) is 6.71. The van der Waals surface area contributed by atoms with Gasteiger partial charge in [0.25, 0.3) is 0 Å². The van der Waals surface area contributed by atoms with E-state index in [0.717, 1.165) is 30.8 Å². The highest BCUT2D eigenvalue weighted by molar-refractivity contribution is 5.58. The highest BCUT2D eigenvalue weighted by Crippen LogP contribution is 2.31. The van der Waals surface area contributed by atoms with E-state index in [9.17, 15) is 0 Å². The fourth-order valence-corrected chi connectivity index (χ4v) is 2.56. The minimum absolute atomic E-state index is 0.297. The van der Waals surface area contributed by atoms with E-state index < -0.39 is 0 Å². The molecule has 0 atom stereocenters. The van der Waals surface area contributed by atoms with Crippen molar-refractivity contribution in [3.63, 3.8) is 0 Å². The Morgan fingerprint density at radius 3 is 2.40 bits per heavy atom. The maximum Gasteiger partial charge on any atom is 0.137 e. The lowest BCUT2D eigenvalue weighted by Gasteiger charge is -2.33. The minimum Gasteiger partial charge on any atom is -0.383 e. The van der Waals surface area contributed by atoms with Gasteiger partial charge in [-0.15, -0.1) is 0 Å². The summed E-state index contributed by atoms with van der Waals surface area (Å²) in [6, 6.07) is 0.442. The Morgan fingerprint density at radius 2 is 1.90 bits per heavy atom. The van der Waals surface area contributed by atoms with Crippen molar-refractivity contribution in [3.8, 4) is 0 Å². The van der Waals surface area contributed by atoms with Gasteiger partial charge in [-0.25, -0.2) is 9.97 Å². The lowest BCUT2D eigenvalue weighted by molar-refractivity contribution is 0.202. The van der Waals surface area contributed by atoms with Crippen molar-refractivity contribution in [1.82, 2.24) is 9.97 Å². The topological polar surface area (TPSA) is 64.3 Å². The molecule has 0 bridgehead atoms. The third-order valence-electron chi connectivity index (χ3n) is 3.66. The number of aromatic nitrogens is 2. The third kappa shape index (κ3) is 3.82. The van der Waals surface area contributed by atoms with E-state index >= 15 is 0 Å². The zero-order valence-electron chi connectivity index (χ0n) is 13.4. The number of hydrogen-bond donors (Lipinski definition) is 1. The SMILES string of the molecule is CCC(CC)N(CCOC)c1ncnc(N)c1C(C)C. The lowest BCUT2D eigenvalue weighted by Crippen LogP contribution is -2.38. The molecule has 2 N–H and O–H groups in total. The predicted molar refractivity (Wildman–Crippen MR) is 84.1 cm³/mol. The first kappa shape index (κ1) is 16.7. The molecule has 20 heavy (non-hydrogen) atoms. The van der Waals surface area contributed by atoms with Crippen LogP contribution in [0.15, 0.2) is 6.33 Å². The Labute approximate surface area is 122 Å². The molecule has 0 fully saturated rings. The van der Waals surface area contributed by atoms with Crippen LogP contribution in [0.3, 0.4) is 0 Å². The van der Waals surface area contributed by atoms with E-state index in [4.69, 9.17) is 10.5 Å². The number of rotatable bonds is 8. The van der Waals surface area contributed by atoms with Crippen LogP contribution in [0.5, 0.6) is 0 Å². The van der Waals surface area contributed by atoms with Crippen LogP contribution in [0.4, 0.5) is 11.6 Å². The average Bonchev–Trinajstić information content (AvgIpc) is 2.42. The Bertz CT molecular complexity index is 405. The summed E-state index contributed by atoms with van der Waals surface area (Å²) < 4.78 is 5.25. The summed E-state index contributed by atoms with van der Waals surface area (Å²) in [6.45, 7) is 10.2. The summed E-state index contributed by atoms with van der Waals surface area (Å²) >= 11 is 0.